The Morgan fingerprint density at radius 3 is 2.94 bits per heavy atom. The highest BCUT2D eigenvalue weighted by Gasteiger charge is 2.22. The molecular weight excluding hydrogens is 234 g/mol. The minimum Gasteiger partial charge on any atom is -0.385 e. The monoisotopic (exact) mass is 259 g/mol. The van der Waals surface area contributed by atoms with Gasteiger partial charge in [-0.15, -0.1) is 0 Å². The van der Waals surface area contributed by atoms with Crippen LogP contribution in [0, 0.1) is 0 Å². The van der Waals surface area contributed by atoms with E-state index in [0.29, 0.717) is 6.04 Å². The van der Waals surface area contributed by atoms with Crippen LogP contribution in [0.3, 0.4) is 0 Å². The van der Waals surface area contributed by atoms with E-state index in [1.165, 1.54) is 12.8 Å². The molecule has 0 bridgehead atoms. The number of likely N-dealkylation sites (tertiary alicyclic amines) is 1. The standard InChI is InChI=1S/C12H25N3OS/c1-14(2)11-6-4-8-15(10-11)12(17)13-7-5-9-16-3/h11H,4-10H2,1-3H3,(H,13,17). The largest absolute Gasteiger partial charge is 0.385 e. The van der Waals surface area contributed by atoms with Gasteiger partial charge in [0.25, 0.3) is 0 Å². The molecule has 1 rings (SSSR count). The number of thiocarbonyl (C=S) groups is 1. The van der Waals surface area contributed by atoms with Crippen LogP contribution in [0.2, 0.25) is 0 Å². The van der Waals surface area contributed by atoms with Crippen LogP contribution in [-0.2, 0) is 4.74 Å². The highest BCUT2D eigenvalue weighted by molar-refractivity contribution is 7.80. The van der Waals surface area contributed by atoms with E-state index >= 15 is 0 Å². The number of nitrogens with one attached hydrogen (secondary N) is 1. The Morgan fingerprint density at radius 1 is 1.53 bits per heavy atom. The molecule has 1 N–H and O–H groups in total. The summed E-state index contributed by atoms with van der Waals surface area (Å²) < 4.78 is 5.01. The predicted octanol–water partition coefficient (Wildman–Crippen LogP) is 0.923. The third-order valence-electron chi connectivity index (χ3n) is 3.22. The van der Waals surface area contributed by atoms with Gasteiger partial charge < -0.3 is 19.9 Å². The Morgan fingerprint density at radius 2 is 2.29 bits per heavy atom. The van der Waals surface area contributed by atoms with Gasteiger partial charge in [-0.25, -0.2) is 0 Å². The fourth-order valence-corrected chi connectivity index (χ4v) is 2.35. The number of likely N-dealkylation sites (N-methyl/N-ethyl adjacent to an activating group) is 1. The lowest BCUT2D eigenvalue weighted by Gasteiger charge is -2.37. The third-order valence-corrected chi connectivity index (χ3v) is 3.62. The smallest absolute Gasteiger partial charge is 0.168 e. The molecule has 1 saturated heterocycles. The SMILES string of the molecule is COCCCNC(=S)N1CCCC(N(C)C)C1. The summed E-state index contributed by atoms with van der Waals surface area (Å²) in [4.78, 5) is 4.58. The number of methoxy groups -OCH3 is 1. The lowest BCUT2D eigenvalue weighted by Crippen LogP contribution is -2.50. The minimum absolute atomic E-state index is 0.627. The second-order valence-corrected chi connectivity index (χ2v) is 5.17. The molecule has 0 aromatic rings. The van der Waals surface area contributed by atoms with Crippen molar-refractivity contribution in [1.82, 2.24) is 15.1 Å². The molecule has 1 atom stereocenters. The average Bonchev–Trinajstić information content (AvgIpc) is 2.34. The van der Waals surface area contributed by atoms with E-state index in [-0.39, 0.29) is 0 Å². The zero-order valence-corrected chi connectivity index (χ0v) is 12.1. The van der Waals surface area contributed by atoms with E-state index in [9.17, 15) is 0 Å². The van der Waals surface area contributed by atoms with Gasteiger partial charge in [0.15, 0.2) is 5.11 Å². The van der Waals surface area contributed by atoms with Crippen LogP contribution in [0.1, 0.15) is 19.3 Å². The maximum atomic E-state index is 5.42. The van der Waals surface area contributed by atoms with Crippen molar-refractivity contribution in [3.63, 3.8) is 0 Å². The summed E-state index contributed by atoms with van der Waals surface area (Å²) in [5, 5.41) is 4.20. The quantitative estimate of drug-likeness (QED) is 0.585. The fraction of sp³-hybridized carbons (Fsp3) is 0.917. The van der Waals surface area contributed by atoms with Gasteiger partial charge in [0.1, 0.15) is 0 Å². The number of rotatable bonds is 5. The maximum absolute atomic E-state index is 5.42. The Kier molecular flexibility index (Phi) is 6.77. The van der Waals surface area contributed by atoms with Crippen molar-refractivity contribution in [3.8, 4) is 0 Å². The van der Waals surface area contributed by atoms with Crippen LogP contribution in [0.5, 0.6) is 0 Å². The number of hydrogen-bond donors (Lipinski definition) is 1. The van der Waals surface area contributed by atoms with Gasteiger partial charge in [-0.1, -0.05) is 0 Å². The first-order valence-electron chi connectivity index (χ1n) is 6.33. The number of ether oxygens (including phenoxy) is 1. The Balaban J connectivity index is 2.26. The molecule has 1 unspecified atom stereocenters. The van der Waals surface area contributed by atoms with Gasteiger partial charge in [0, 0.05) is 39.4 Å². The van der Waals surface area contributed by atoms with Crippen molar-refractivity contribution in [2.45, 2.75) is 25.3 Å². The second kappa shape index (κ2) is 7.84. The van der Waals surface area contributed by atoms with Crippen LogP contribution in [-0.4, -0.2) is 68.4 Å². The molecule has 0 radical (unpaired) electrons. The van der Waals surface area contributed by atoms with Crippen molar-refractivity contribution < 1.29 is 4.74 Å². The predicted molar refractivity (Wildman–Crippen MR) is 75.4 cm³/mol. The zero-order chi connectivity index (χ0) is 12.7. The maximum Gasteiger partial charge on any atom is 0.168 e. The summed E-state index contributed by atoms with van der Waals surface area (Å²) in [6.45, 7) is 3.81. The first-order chi connectivity index (χ1) is 8.15. The number of hydrogen-bond acceptors (Lipinski definition) is 3. The number of piperidine rings is 1. The van der Waals surface area contributed by atoms with E-state index in [1.807, 2.05) is 0 Å². The Hall–Kier alpha value is -0.390. The van der Waals surface area contributed by atoms with Gasteiger partial charge in [-0.2, -0.15) is 0 Å². The van der Waals surface area contributed by atoms with Gasteiger partial charge in [0.05, 0.1) is 0 Å². The highest BCUT2D eigenvalue weighted by Crippen LogP contribution is 2.13. The van der Waals surface area contributed by atoms with E-state index in [1.54, 1.807) is 7.11 Å². The molecule has 1 aliphatic rings. The molecule has 0 saturated carbocycles. The topological polar surface area (TPSA) is 27.7 Å². The molecule has 1 heterocycles. The summed E-state index contributed by atoms with van der Waals surface area (Å²) >= 11 is 5.42. The summed E-state index contributed by atoms with van der Waals surface area (Å²) in [7, 11) is 6.01. The normalized spacial score (nSPS) is 20.7. The summed E-state index contributed by atoms with van der Waals surface area (Å²) in [5.41, 5.74) is 0. The lowest BCUT2D eigenvalue weighted by molar-refractivity contribution is 0.181. The van der Waals surface area contributed by atoms with Gasteiger partial charge >= 0.3 is 0 Å². The van der Waals surface area contributed by atoms with E-state index in [2.05, 4.69) is 29.2 Å². The van der Waals surface area contributed by atoms with Crippen LogP contribution in [0.15, 0.2) is 0 Å². The molecule has 1 fully saturated rings. The van der Waals surface area contributed by atoms with Crippen LogP contribution < -0.4 is 5.32 Å². The summed E-state index contributed by atoms with van der Waals surface area (Å²) in [5.74, 6) is 0. The lowest BCUT2D eigenvalue weighted by atomic mass is 10.1. The van der Waals surface area contributed by atoms with Gasteiger partial charge in [-0.05, 0) is 45.6 Å². The zero-order valence-electron chi connectivity index (χ0n) is 11.2. The van der Waals surface area contributed by atoms with E-state index in [0.717, 1.165) is 37.8 Å². The second-order valence-electron chi connectivity index (χ2n) is 4.78. The molecular formula is C12H25N3OS. The Labute approximate surface area is 110 Å². The van der Waals surface area contributed by atoms with Crippen molar-refractivity contribution in [3.05, 3.63) is 0 Å². The van der Waals surface area contributed by atoms with Crippen molar-refractivity contribution >= 4 is 17.3 Å². The fourth-order valence-electron chi connectivity index (χ4n) is 2.08. The highest BCUT2D eigenvalue weighted by atomic mass is 32.1. The van der Waals surface area contributed by atoms with E-state index < -0.39 is 0 Å². The molecule has 100 valence electrons. The molecule has 0 aromatic heterocycles. The first-order valence-corrected chi connectivity index (χ1v) is 6.74. The average molecular weight is 259 g/mol. The van der Waals surface area contributed by atoms with Crippen molar-refractivity contribution in [2.75, 3.05) is 47.4 Å². The molecule has 0 spiro atoms. The molecule has 17 heavy (non-hydrogen) atoms. The molecule has 0 aromatic carbocycles. The third kappa shape index (κ3) is 5.19. The van der Waals surface area contributed by atoms with Crippen LogP contribution in [0.25, 0.3) is 0 Å². The molecule has 1 aliphatic heterocycles. The Bertz CT molecular complexity index is 236. The number of nitrogens with zero attached hydrogens (tertiary/aromatic N) is 2. The van der Waals surface area contributed by atoms with Crippen molar-refractivity contribution in [1.29, 1.82) is 0 Å². The molecule has 5 heteroatoms. The van der Waals surface area contributed by atoms with Gasteiger partial charge in [0.2, 0.25) is 0 Å². The van der Waals surface area contributed by atoms with E-state index in [4.69, 9.17) is 17.0 Å². The van der Waals surface area contributed by atoms with Crippen molar-refractivity contribution in [2.24, 2.45) is 0 Å². The van der Waals surface area contributed by atoms with Crippen LogP contribution >= 0.6 is 12.2 Å². The molecule has 4 nitrogen and oxygen atoms in total. The minimum atomic E-state index is 0.627. The summed E-state index contributed by atoms with van der Waals surface area (Å²) in [6, 6.07) is 0.627. The van der Waals surface area contributed by atoms with Gasteiger partial charge in [-0.3, -0.25) is 0 Å². The summed E-state index contributed by atoms with van der Waals surface area (Å²) in [6.07, 6.45) is 3.50. The first kappa shape index (κ1) is 14.7. The molecule has 0 amide bonds. The van der Waals surface area contributed by atoms with Crippen LogP contribution in [0.4, 0.5) is 0 Å². The molecule has 0 aliphatic carbocycles.